The first-order chi connectivity index (χ1) is 34.6. The van der Waals surface area contributed by atoms with Crippen LogP contribution in [0.2, 0.25) is 10.0 Å². The fourth-order valence-corrected chi connectivity index (χ4v) is 11.3. The first-order valence-electron chi connectivity index (χ1n) is 23.9. The smallest absolute Gasteiger partial charge is 0.314 e. The largest absolute Gasteiger partial charge is 0.349 e. The Hall–Kier alpha value is -5.69. The Labute approximate surface area is 450 Å². The summed E-state index contributed by atoms with van der Waals surface area (Å²) in [5.74, 6) is -3.74. The summed E-state index contributed by atoms with van der Waals surface area (Å²) in [5.41, 5.74) is 8.36. The van der Waals surface area contributed by atoms with Crippen molar-refractivity contribution in [2.75, 3.05) is 66.0 Å². The molecule has 0 unspecified atom stereocenters. The Morgan fingerprint density at radius 1 is 0.635 bits per heavy atom. The number of carbonyl (C=O) groups is 7. The van der Waals surface area contributed by atoms with Crippen molar-refractivity contribution in [3.63, 3.8) is 0 Å². The average Bonchev–Trinajstić information content (AvgIpc) is 3.96. The van der Waals surface area contributed by atoms with Gasteiger partial charge >= 0.3 is 23.6 Å². The lowest BCUT2D eigenvalue weighted by Crippen LogP contribution is -2.57. The van der Waals surface area contributed by atoms with E-state index in [1.54, 1.807) is 45.2 Å². The second-order valence-corrected chi connectivity index (χ2v) is 22.2. The number of nitrogens with one attached hydrogen (secondary N) is 5. The number of fused-ring (bicyclic) bond motifs is 2. The first kappa shape index (κ1) is 59.2. The van der Waals surface area contributed by atoms with Crippen molar-refractivity contribution in [1.82, 2.24) is 55.5 Å². The number of aromatic nitrogens is 4. The Kier molecular flexibility index (Phi) is 21.8. The molecule has 25 heteroatoms. The normalized spacial score (nSPS) is 21.2. The predicted octanol–water partition coefficient (Wildman–Crippen LogP) is 3.74. The highest BCUT2D eigenvalue weighted by molar-refractivity contribution is 7.13. The molecule has 6 atom stereocenters. The number of anilines is 2. The van der Waals surface area contributed by atoms with E-state index in [-0.39, 0.29) is 60.7 Å². The number of thiazole rings is 2. The molecule has 4 aromatic rings. The third kappa shape index (κ3) is 16.7. The van der Waals surface area contributed by atoms with Gasteiger partial charge in [-0.25, -0.2) is 19.9 Å². The van der Waals surface area contributed by atoms with E-state index < -0.39 is 35.7 Å². The maximum Gasteiger partial charge on any atom is 0.314 e. The third-order valence-electron chi connectivity index (χ3n) is 12.8. The van der Waals surface area contributed by atoms with Crippen molar-refractivity contribution in [1.29, 1.82) is 0 Å². The number of hydrogen-bond acceptors (Lipinski definition) is 16. The molecule has 7 amide bonds. The highest BCUT2D eigenvalue weighted by atomic mass is 35.5. The molecule has 6 heterocycles. The van der Waals surface area contributed by atoms with E-state index in [0.717, 1.165) is 49.6 Å². The zero-order valence-corrected chi connectivity index (χ0v) is 45.1. The molecule has 2 aliphatic carbocycles. The van der Waals surface area contributed by atoms with Crippen LogP contribution in [0.25, 0.3) is 0 Å². The van der Waals surface area contributed by atoms with Gasteiger partial charge in [-0.3, -0.25) is 33.6 Å². The van der Waals surface area contributed by atoms with E-state index in [1.807, 2.05) is 18.4 Å². The Balaban J connectivity index is 0.000000234. The summed E-state index contributed by atoms with van der Waals surface area (Å²) in [4.78, 5) is 114. The third-order valence-corrected chi connectivity index (χ3v) is 15.3. The molecule has 0 aromatic carbocycles. The second kappa shape index (κ2) is 27.2. The second-order valence-electron chi connectivity index (χ2n) is 19.0. The van der Waals surface area contributed by atoms with Crippen LogP contribution in [-0.4, -0.2) is 160 Å². The van der Waals surface area contributed by atoms with Crippen LogP contribution in [0.5, 0.6) is 0 Å². The molecule has 0 bridgehead atoms. The predicted molar refractivity (Wildman–Crippen MR) is 287 cm³/mol. The van der Waals surface area contributed by atoms with Crippen LogP contribution in [0.1, 0.15) is 81.9 Å². The molecule has 2 fully saturated rings. The van der Waals surface area contributed by atoms with Gasteiger partial charge in [0.15, 0.2) is 5.01 Å². The van der Waals surface area contributed by atoms with Crippen molar-refractivity contribution < 1.29 is 33.6 Å². The molecule has 402 valence electrons. The number of nitrogens with two attached hydrogens (primary N) is 1. The van der Waals surface area contributed by atoms with Crippen LogP contribution in [0.3, 0.4) is 0 Å². The zero-order valence-electron chi connectivity index (χ0n) is 42.0. The minimum absolute atomic E-state index is 0. The molecular formula is C49H68Cl2N14O7S2. The van der Waals surface area contributed by atoms with Crippen molar-refractivity contribution in [3.05, 3.63) is 77.9 Å². The van der Waals surface area contributed by atoms with Crippen molar-refractivity contribution in [2.24, 2.45) is 17.6 Å². The van der Waals surface area contributed by atoms with Gasteiger partial charge in [0.2, 0.25) is 11.8 Å². The Bertz CT molecular complexity index is 2620. The summed E-state index contributed by atoms with van der Waals surface area (Å²) < 4.78 is 0. The quantitative estimate of drug-likeness (QED) is 0.137. The van der Waals surface area contributed by atoms with Gasteiger partial charge in [0.1, 0.15) is 11.6 Å². The summed E-state index contributed by atoms with van der Waals surface area (Å²) in [7, 11) is 11.0. The van der Waals surface area contributed by atoms with Crippen molar-refractivity contribution in [2.45, 2.75) is 103 Å². The van der Waals surface area contributed by atoms with Gasteiger partial charge in [-0.05, 0) is 83.8 Å². The number of pyridine rings is 2. The molecule has 0 saturated heterocycles. The maximum atomic E-state index is 13.2. The highest BCUT2D eigenvalue weighted by Gasteiger charge is 2.38. The number of halogens is 2. The van der Waals surface area contributed by atoms with Crippen LogP contribution < -0.4 is 32.3 Å². The molecule has 4 aromatic heterocycles. The molecule has 4 aliphatic rings. The molecule has 74 heavy (non-hydrogen) atoms. The maximum absolute atomic E-state index is 13.2. The standard InChI is InChI=1S/C24H30ClN7O4S.C16H22ClN5O3.C8H12N2S.CH4/c1-31(2)24(36)13-4-6-15(27-20(33)21(34)30-19-7-5-14(25)11-26-19)17(10-13)28-22(35)23-29-16-8-9-32(3)12-18(16)37-23;1-22(2)16(25)9-3-5-12(11(18)7-9)20-14(23)15(24)21-13-6-4-10(17)8-19-13;1-6-9-7-3-4-10(2)5-8(7)11-6;/h5,7,11,13,15,17H,4,6,8-10,12H2,1-3H3,(H,27,33)(H,28,35)(H,26,30,34);4,6,8-9,11-12H,3,5,7,18H2,1-2H3,(H,20,23)(H,19,21,24);3-5H2,1-2H3;1H4/t13-,15-,17+;9-,11+,12-;;/m00../s1. The Morgan fingerprint density at radius 2 is 1.11 bits per heavy atom. The van der Waals surface area contributed by atoms with Crippen LogP contribution >= 0.6 is 45.9 Å². The number of carbonyl (C=O) groups excluding carboxylic acids is 7. The van der Waals surface area contributed by atoms with Crippen LogP contribution in [0, 0.1) is 18.8 Å². The molecule has 21 nitrogen and oxygen atoms in total. The molecule has 8 rings (SSSR count). The summed E-state index contributed by atoms with van der Waals surface area (Å²) >= 11 is 14.7. The van der Waals surface area contributed by atoms with Gasteiger partial charge in [-0.1, -0.05) is 30.6 Å². The van der Waals surface area contributed by atoms with Gasteiger partial charge in [-0.2, -0.15) is 0 Å². The van der Waals surface area contributed by atoms with Crippen molar-refractivity contribution >= 4 is 98.9 Å². The molecule has 2 saturated carbocycles. The fourth-order valence-electron chi connectivity index (χ4n) is 8.88. The summed E-state index contributed by atoms with van der Waals surface area (Å²) in [5, 5.41) is 15.6. The number of hydrogen-bond donors (Lipinski definition) is 6. The summed E-state index contributed by atoms with van der Waals surface area (Å²) in [6.45, 7) is 5.98. The van der Waals surface area contributed by atoms with Gasteiger partial charge < -0.3 is 51.9 Å². The number of rotatable bonds is 8. The van der Waals surface area contributed by atoms with E-state index in [1.165, 1.54) is 56.3 Å². The number of amides is 7. The van der Waals surface area contributed by atoms with E-state index in [2.05, 4.69) is 70.3 Å². The topological polar surface area (TPSA) is 270 Å². The SMILES string of the molecule is C.CN(C)C(=O)[C@H]1CC[C@H](NC(=O)C(=O)Nc2ccc(Cl)cn2)[C@H](N)C1.CN1CCc2nc(C(=O)N[C@@H]3C[C@@H](C(=O)N(C)C)CC[C@@H]3NC(=O)C(=O)Nc3ccc(Cl)cn3)sc2C1.Cc1nc2c(s1)CN(C)CC2. The molecule has 0 radical (unpaired) electrons. The molecular weight excluding hydrogens is 1030 g/mol. The van der Waals surface area contributed by atoms with Crippen LogP contribution in [-0.2, 0) is 54.7 Å². The lowest BCUT2D eigenvalue weighted by molar-refractivity contribution is -0.137. The summed E-state index contributed by atoms with van der Waals surface area (Å²) in [6.07, 6.45) is 7.57. The first-order valence-corrected chi connectivity index (χ1v) is 26.3. The molecule has 7 N–H and O–H groups in total. The van der Waals surface area contributed by atoms with E-state index in [0.29, 0.717) is 53.6 Å². The van der Waals surface area contributed by atoms with Gasteiger partial charge in [0.25, 0.3) is 5.91 Å². The summed E-state index contributed by atoms with van der Waals surface area (Å²) in [6, 6.07) is 4.27. The van der Waals surface area contributed by atoms with E-state index in [4.69, 9.17) is 28.9 Å². The van der Waals surface area contributed by atoms with Gasteiger partial charge in [-0.15, -0.1) is 22.7 Å². The van der Waals surface area contributed by atoms with E-state index >= 15 is 0 Å². The minimum Gasteiger partial charge on any atom is -0.349 e. The number of nitrogens with zero attached hydrogens (tertiary/aromatic N) is 8. The molecule has 2 aliphatic heterocycles. The average molecular weight is 1100 g/mol. The van der Waals surface area contributed by atoms with Crippen LogP contribution in [0.4, 0.5) is 11.6 Å². The monoisotopic (exact) mass is 1100 g/mol. The number of aryl methyl sites for hydroxylation is 1. The highest BCUT2D eigenvalue weighted by Crippen LogP contribution is 2.29. The van der Waals surface area contributed by atoms with Crippen molar-refractivity contribution in [3.8, 4) is 0 Å². The Morgan fingerprint density at radius 3 is 1.59 bits per heavy atom. The van der Waals surface area contributed by atoms with Gasteiger partial charge in [0, 0.05) is 119 Å². The van der Waals surface area contributed by atoms with E-state index in [9.17, 15) is 33.6 Å². The van der Waals surface area contributed by atoms with Crippen LogP contribution in [0.15, 0.2) is 36.7 Å². The lowest BCUT2D eigenvalue weighted by Gasteiger charge is -2.37. The fraction of sp³-hybridized carbons (Fsp3) is 0.531. The number of likely N-dealkylation sites (N-methyl/N-ethyl adjacent to an activating group) is 2. The lowest BCUT2D eigenvalue weighted by atomic mass is 9.81. The zero-order chi connectivity index (χ0) is 53.1. The minimum atomic E-state index is -0.886. The van der Waals surface area contributed by atoms with Gasteiger partial charge in [0.05, 0.1) is 32.5 Å². The molecule has 0 spiro atoms.